The summed E-state index contributed by atoms with van der Waals surface area (Å²) in [4.78, 5) is 4.50. The molecule has 1 aromatic rings. The summed E-state index contributed by atoms with van der Waals surface area (Å²) in [6, 6.07) is 0. The molecule has 4 heteroatoms. The number of aromatic nitrogens is 1. The highest BCUT2D eigenvalue weighted by Gasteiger charge is 2.23. The highest BCUT2D eigenvalue weighted by atomic mass is 16.5. The van der Waals surface area contributed by atoms with Crippen LogP contribution in [0.1, 0.15) is 43.2 Å². The van der Waals surface area contributed by atoms with Crippen molar-refractivity contribution in [3.8, 4) is 0 Å². The zero-order chi connectivity index (χ0) is 10.8. The molecule has 1 N–H and O–H groups in total. The first-order valence-electron chi connectivity index (χ1n) is 5.48. The van der Waals surface area contributed by atoms with Crippen molar-refractivity contribution in [2.45, 2.75) is 32.8 Å². The van der Waals surface area contributed by atoms with Gasteiger partial charge in [-0.2, -0.15) is 0 Å². The number of rotatable bonds is 2. The van der Waals surface area contributed by atoms with Crippen molar-refractivity contribution in [3.63, 3.8) is 0 Å². The second-order valence-electron chi connectivity index (χ2n) is 4.21. The quantitative estimate of drug-likeness (QED) is 0.808. The first kappa shape index (κ1) is 10.6. The summed E-state index contributed by atoms with van der Waals surface area (Å²) in [6.07, 6.45) is 0.0509. The standard InChI is InChI=1S/C11H18N2O2/c1-7(2)11-13-10(8(3)15-11)9-6-12-4-5-14-9/h7,9,12H,4-6H2,1-3H3. The van der Waals surface area contributed by atoms with E-state index in [0.717, 1.165) is 37.0 Å². The van der Waals surface area contributed by atoms with Crippen LogP contribution in [0.5, 0.6) is 0 Å². The molecule has 1 aliphatic heterocycles. The Labute approximate surface area is 90.0 Å². The average molecular weight is 210 g/mol. The number of ether oxygens (including phenoxy) is 1. The fourth-order valence-corrected chi connectivity index (χ4v) is 1.72. The summed E-state index contributed by atoms with van der Waals surface area (Å²) in [5.41, 5.74) is 0.950. The molecule has 0 saturated carbocycles. The molecule has 1 fully saturated rings. The molecule has 0 aromatic carbocycles. The summed E-state index contributed by atoms with van der Waals surface area (Å²) in [5, 5.41) is 3.29. The lowest BCUT2D eigenvalue weighted by molar-refractivity contribution is 0.0244. The zero-order valence-electron chi connectivity index (χ0n) is 9.54. The molecule has 1 saturated heterocycles. The van der Waals surface area contributed by atoms with E-state index in [1.807, 2.05) is 6.92 Å². The lowest BCUT2D eigenvalue weighted by atomic mass is 10.2. The maximum absolute atomic E-state index is 5.65. The van der Waals surface area contributed by atoms with Gasteiger partial charge in [0, 0.05) is 19.0 Å². The van der Waals surface area contributed by atoms with E-state index in [1.165, 1.54) is 0 Å². The fourth-order valence-electron chi connectivity index (χ4n) is 1.72. The van der Waals surface area contributed by atoms with Gasteiger partial charge >= 0.3 is 0 Å². The van der Waals surface area contributed by atoms with Gasteiger partial charge in [0.25, 0.3) is 0 Å². The number of aryl methyl sites for hydroxylation is 1. The molecule has 2 heterocycles. The molecular formula is C11H18N2O2. The van der Waals surface area contributed by atoms with Crippen LogP contribution in [0.4, 0.5) is 0 Å². The van der Waals surface area contributed by atoms with Crippen LogP contribution < -0.4 is 5.32 Å². The van der Waals surface area contributed by atoms with Gasteiger partial charge in [-0.1, -0.05) is 13.8 Å². The third kappa shape index (κ3) is 2.21. The van der Waals surface area contributed by atoms with Crippen molar-refractivity contribution in [2.75, 3.05) is 19.7 Å². The lowest BCUT2D eigenvalue weighted by Crippen LogP contribution is -2.33. The third-order valence-corrected chi connectivity index (χ3v) is 2.58. The Morgan fingerprint density at radius 2 is 2.27 bits per heavy atom. The topological polar surface area (TPSA) is 47.3 Å². The Balaban J connectivity index is 2.19. The van der Waals surface area contributed by atoms with Gasteiger partial charge in [-0.15, -0.1) is 0 Å². The van der Waals surface area contributed by atoms with E-state index >= 15 is 0 Å². The van der Waals surface area contributed by atoms with Gasteiger partial charge in [0.1, 0.15) is 17.6 Å². The monoisotopic (exact) mass is 210 g/mol. The maximum Gasteiger partial charge on any atom is 0.197 e. The predicted octanol–water partition coefficient (Wildman–Crippen LogP) is 1.77. The van der Waals surface area contributed by atoms with Crippen molar-refractivity contribution < 1.29 is 9.15 Å². The van der Waals surface area contributed by atoms with Gasteiger partial charge in [-0.25, -0.2) is 4.98 Å². The largest absolute Gasteiger partial charge is 0.445 e. The maximum atomic E-state index is 5.65. The lowest BCUT2D eigenvalue weighted by Gasteiger charge is -2.22. The highest BCUT2D eigenvalue weighted by Crippen LogP contribution is 2.25. The van der Waals surface area contributed by atoms with E-state index in [4.69, 9.17) is 9.15 Å². The smallest absolute Gasteiger partial charge is 0.197 e. The molecule has 1 atom stereocenters. The normalized spacial score (nSPS) is 22.3. The van der Waals surface area contributed by atoms with Crippen LogP contribution in [0.25, 0.3) is 0 Å². The molecule has 0 bridgehead atoms. The van der Waals surface area contributed by atoms with Gasteiger partial charge in [0.2, 0.25) is 0 Å². The molecule has 15 heavy (non-hydrogen) atoms. The second kappa shape index (κ2) is 4.33. The average Bonchev–Trinajstić information content (AvgIpc) is 2.62. The van der Waals surface area contributed by atoms with Gasteiger partial charge in [-0.05, 0) is 6.92 Å². The van der Waals surface area contributed by atoms with Crippen LogP contribution in [0.3, 0.4) is 0 Å². The van der Waals surface area contributed by atoms with E-state index in [1.54, 1.807) is 0 Å². The number of oxazole rings is 1. The van der Waals surface area contributed by atoms with Crippen LogP contribution in [-0.2, 0) is 4.74 Å². The van der Waals surface area contributed by atoms with Crippen LogP contribution in [0.2, 0.25) is 0 Å². The summed E-state index contributed by atoms with van der Waals surface area (Å²) in [7, 11) is 0. The van der Waals surface area contributed by atoms with Gasteiger partial charge in [0.05, 0.1) is 6.61 Å². The summed E-state index contributed by atoms with van der Waals surface area (Å²) in [6.45, 7) is 8.60. The number of hydrogen-bond donors (Lipinski definition) is 1. The number of hydrogen-bond acceptors (Lipinski definition) is 4. The van der Waals surface area contributed by atoms with Gasteiger partial charge in [0.15, 0.2) is 5.89 Å². The van der Waals surface area contributed by atoms with Crippen LogP contribution in [0.15, 0.2) is 4.42 Å². The summed E-state index contributed by atoms with van der Waals surface area (Å²) < 4.78 is 11.3. The van der Waals surface area contributed by atoms with Crippen molar-refractivity contribution >= 4 is 0 Å². The molecule has 1 aromatic heterocycles. The van der Waals surface area contributed by atoms with E-state index in [2.05, 4.69) is 24.1 Å². The molecule has 0 amide bonds. The van der Waals surface area contributed by atoms with Crippen LogP contribution in [-0.4, -0.2) is 24.7 Å². The zero-order valence-corrected chi connectivity index (χ0v) is 9.54. The second-order valence-corrected chi connectivity index (χ2v) is 4.21. The Kier molecular flexibility index (Phi) is 3.07. The van der Waals surface area contributed by atoms with Crippen LogP contribution in [0, 0.1) is 6.92 Å². The van der Waals surface area contributed by atoms with Crippen molar-refractivity contribution in [1.29, 1.82) is 0 Å². The molecular weight excluding hydrogens is 192 g/mol. The van der Waals surface area contributed by atoms with E-state index < -0.39 is 0 Å². The minimum Gasteiger partial charge on any atom is -0.445 e. The molecule has 1 aliphatic rings. The van der Waals surface area contributed by atoms with E-state index in [0.29, 0.717) is 5.92 Å². The molecule has 4 nitrogen and oxygen atoms in total. The minimum atomic E-state index is 0.0509. The first-order valence-corrected chi connectivity index (χ1v) is 5.48. The van der Waals surface area contributed by atoms with Crippen molar-refractivity contribution in [1.82, 2.24) is 10.3 Å². The van der Waals surface area contributed by atoms with E-state index in [-0.39, 0.29) is 6.10 Å². The minimum absolute atomic E-state index is 0.0509. The van der Waals surface area contributed by atoms with Gasteiger partial charge < -0.3 is 14.5 Å². The molecule has 0 radical (unpaired) electrons. The molecule has 0 aliphatic carbocycles. The fraction of sp³-hybridized carbons (Fsp3) is 0.727. The summed E-state index contributed by atoms with van der Waals surface area (Å²) in [5.74, 6) is 2.01. The van der Waals surface area contributed by atoms with Crippen LogP contribution >= 0.6 is 0 Å². The molecule has 1 unspecified atom stereocenters. The Hall–Kier alpha value is -0.870. The third-order valence-electron chi connectivity index (χ3n) is 2.58. The Morgan fingerprint density at radius 1 is 1.47 bits per heavy atom. The molecule has 0 spiro atoms. The molecule has 84 valence electrons. The first-order chi connectivity index (χ1) is 7.18. The Bertz CT molecular complexity index is 327. The highest BCUT2D eigenvalue weighted by molar-refractivity contribution is 5.13. The predicted molar refractivity (Wildman–Crippen MR) is 56.9 cm³/mol. The SMILES string of the molecule is Cc1oc(C(C)C)nc1C1CNCCO1. The van der Waals surface area contributed by atoms with Crippen molar-refractivity contribution in [3.05, 3.63) is 17.3 Å². The van der Waals surface area contributed by atoms with E-state index in [9.17, 15) is 0 Å². The molecule has 2 rings (SSSR count). The number of nitrogens with zero attached hydrogens (tertiary/aromatic N) is 1. The summed E-state index contributed by atoms with van der Waals surface area (Å²) >= 11 is 0. The van der Waals surface area contributed by atoms with Gasteiger partial charge in [-0.3, -0.25) is 0 Å². The Morgan fingerprint density at radius 3 is 2.80 bits per heavy atom. The number of nitrogens with one attached hydrogen (secondary N) is 1. The number of morpholine rings is 1. The van der Waals surface area contributed by atoms with Crippen molar-refractivity contribution in [2.24, 2.45) is 0 Å².